The van der Waals surface area contributed by atoms with Crippen molar-refractivity contribution < 1.29 is 47.9 Å². The first kappa shape index (κ1) is 27.3. The highest BCUT2D eigenvalue weighted by Gasteiger charge is 2.49. The van der Waals surface area contributed by atoms with Crippen LogP contribution in [0.25, 0.3) is 0 Å². The second kappa shape index (κ2) is 8.96. The normalized spacial score (nSPS) is 19.8. The molecule has 0 saturated heterocycles. The van der Waals surface area contributed by atoms with Crippen molar-refractivity contribution >= 4 is 19.9 Å². The van der Waals surface area contributed by atoms with Crippen LogP contribution in [0, 0.1) is 5.92 Å². The molecule has 0 aliphatic heterocycles. The third-order valence-electron chi connectivity index (χ3n) is 5.97. The lowest BCUT2D eigenvalue weighted by Crippen LogP contribution is -2.53. The number of nitrogens with one attached hydrogen (secondary N) is 1. The molecule has 1 saturated carbocycles. The summed E-state index contributed by atoms with van der Waals surface area (Å²) in [5.74, 6) is -1.15. The van der Waals surface area contributed by atoms with Crippen molar-refractivity contribution in [3.63, 3.8) is 0 Å². The number of sulfonamides is 1. The minimum Gasteiger partial charge on any atom is -0.406 e. The van der Waals surface area contributed by atoms with Crippen molar-refractivity contribution in [3.8, 4) is 5.75 Å². The van der Waals surface area contributed by atoms with Crippen LogP contribution in [0.4, 0.5) is 26.3 Å². The van der Waals surface area contributed by atoms with Gasteiger partial charge in [-0.25, -0.2) is 21.6 Å². The molecule has 0 radical (unpaired) electrons. The van der Waals surface area contributed by atoms with E-state index in [1.807, 2.05) is 0 Å². The van der Waals surface area contributed by atoms with Gasteiger partial charge in [0.25, 0.3) is 0 Å². The van der Waals surface area contributed by atoms with E-state index in [9.17, 15) is 43.2 Å². The summed E-state index contributed by atoms with van der Waals surface area (Å²) in [6.07, 6.45) is -9.45. The van der Waals surface area contributed by atoms with Crippen LogP contribution in [0.15, 0.2) is 58.3 Å². The van der Waals surface area contributed by atoms with Crippen molar-refractivity contribution in [2.75, 3.05) is 0 Å². The van der Waals surface area contributed by atoms with E-state index in [1.54, 1.807) is 0 Å². The smallest absolute Gasteiger partial charge is 0.406 e. The minimum absolute atomic E-state index is 0.0969. The lowest BCUT2D eigenvalue weighted by molar-refractivity contribution is -0.274. The molecule has 0 amide bonds. The van der Waals surface area contributed by atoms with Gasteiger partial charge in [0.2, 0.25) is 10.0 Å². The molecule has 3 rings (SSSR count). The summed E-state index contributed by atoms with van der Waals surface area (Å²) in [6.45, 7) is 2.74. The first-order valence-corrected chi connectivity index (χ1v) is 13.1. The van der Waals surface area contributed by atoms with Gasteiger partial charge in [-0.1, -0.05) is 6.07 Å². The molecular formula is C21H21F6NO5S2. The standard InChI is InChI=1S/C21H21F6NO5S2/c1-19(2,34(29,30)18-5-3-4-13(12-18)20(22,23)24)14-10-15(11-14)28-35(31,32)17-8-6-16(7-9-17)33-21(25,26)27/h3-9,12,14-15,28H,10-11H2,1-2H3/t14-,15+. The van der Waals surface area contributed by atoms with Gasteiger partial charge in [-0.3, -0.25) is 0 Å². The van der Waals surface area contributed by atoms with Crippen molar-refractivity contribution in [2.45, 2.75) is 59.8 Å². The summed E-state index contributed by atoms with van der Waals surface area (Å²) >= 11 is 0. The number of halogens is 6. The molecule has 1 aliphatic rings. The summed E-state index contributed by atoms with van der Waals surface area (Å²) < 4.78 is 132. The van der Waals surface area contributed by atoms with Crippen LogP contribution in [-0.2, 0) is 26.0 Å². The van der Waals surface area contributed by atoms with Crippen LogP contribution in [-0.4, -0.2) is 34.0 Å². The van der Waals surface area contributed by atoms with Gasteiger partial charge in [-0.15, -0.1) is 13.2 Å². The van der Waals surface area contributed by atoms with Gasteiger partial charge in [0, 0.05) is 6.04 Å². The molecule has 1 N–H and O–H groups in total. The predicted octanol–water partition coefficient (Wildman–Crippen LogP) is 4.91. The molecule has 6 nitrogen and oxygen atoms in total. The molecule has 1 aliphatic carbocycles. The lowest BCUT2D eigenvalue weighted by Gasteiger charge is -2.44. The third kappa shape index (κ3) is 5.92. The summed E-state index contributed by atoms with van der Waals surface area (Å²) in [7, 11) is -8.32. The Morgan fingerprint density at radius 3 is 1.94 bits per heavy atom. The van der Waals surface area contributed by atoms with Gasteiger partial charge in [0.15, 0.2) is 9.84 Å². The third-order valence-corrected chi connectivity index (χ3v) is 10.1. The van der Waals surface area contributed by atoms with E-state index in [0.717, 1.165) is 42.5 Å². The second-order valence-electron chi connectivity index (χ2n) is 8.64. The number of hydrogen-bond donors (Lipinski definition) is 1. The van der Waals surface area contributed by atoms with Gasteiger partial charge in [-0.2, -0.15) is 13.2 Å². The second-order valence-corrected chi connectivity index (χ2v) is 12.9. The number of hydrogen-bond acceptors (Lipinski definition) is 5. The van der Waals surface area contributed by atoms with E-state index in [0.29, 0.717) is 6.07 Å². The Labute approximate surface area is 198 Å². The number of alkyl halides is 6. The van der Waals surface area contributed by atoms with Crippen LogP contribution in [0.5, 0.6) is 5.75 Å². The molecule has 14 heteroatoms. The predicted molar refractivity (Wildman–Crippen MR) is 113 cm³/mol. The Morgan fingerprint density at radius 1 is 0.857 bits per heavy atom. The Kier molecular flexibility index (Phi) is 6.98. The van der Waals surface area contributed by atoms with Gasteiger partial charge in [-0.05, 0) is 75.1 Å². The molecule has 2 aromatic carbocycles. The first-order valence-electron chi connectivity index (χ1n) is 10.1. The highest BCUT2D eigenvalue weighted by atomic mass is 32.2. The summed E-state index contributed by atoms with van der Waals surface area (Å²) in [6, 6.07) is 6.32. The van der Waals surface area contributed by atoms with E-state index in [2.05, 4.69) is 9.46 Å². The fourth-order valence-corrected chi connectivity index (χ4v) is 6.79. The monoisotopic (exact) mass is 545 g/mol. The van der Waals surface area contributed by atoms with E-state index in [4.69, 9.17) is 0 Å². The average Bonchev–Trinajstić information content (AvgIpc) is 2.69. The van der Waals surface area contributed by atoms with Gasteiger partial charge < -0.3 is 4.74 Å². The molecule has 0 unspecified atom stereocenters. The Balaban J connectivity index is 1.69. The zero-order chi connectivity index (χ0) is 26.4. The number of rotatable bonds is 7. The van der Waals surface area contributed by atoms with Crippen LogP contribution in [0.1, 0.15) is 32.3 Å². The zero-order valence-corrected chi connectivity index (χ0v) is 19.9. The van der Waals surface area contributed by atoms with Crippen molar-refractivity contribution in [3.05, 3.63) is 54.1 Å². The van der Waals surface area contributed by atoms with E-state index < -0.39 is 65.3 Å². The molecule has 0 aromatic heterocycles. The molecule has 0 spiro atoms. The van der Waals surface area contributed by atoms with Crippen LogP contribution in [0.2, 0.25) is 0 Å². The lowest BCUT2D eigenvalue weighted by atomic mass is 9.73. The van der Waals surface area contributed by atoms with E-state index in [-0.39, 0.29) is 17.7 Å². The summed E-state index contributed by atoms with van der Waals surface area (Å²) in [5.41, 5.74) is -1.10. The van der Waals surface area contributed by atoms with E-state index in [1.165, 1.54) is 13.8 Å². The maximum Gasteiger partial charge on any atom is 0.573 e. The van der Waals surface area contributed by atoms with Gasteiger partial charge in [0.05, 0.1) is 20.1 Å². The van der Waals surface area contributed by atoms with Crippen LogP contribution in [0.3, 0.4) is 0 Å². The highest BCUT2D eigenvalue weighted by molar-refractivity contribution is 7.92. The van der Waals surface area contributed by atoms with Crippen LogP contribution < -0.4 is 9.46 Å². The van der Waals surface area contributed by atoms with Gasteiger partial charge in [0.1, 0.15) is 5.75 Å². The quantitative estimate of drug-likeness (QED) is 0.500. The Bertz CT molecular complexity index is 1280. The topological polar surface area (TPSA) is 89.5 Å². The maximum absolute atomic E-state index is 13.1. The fraction of sp³-hybridized carbons (Fsp3) is 0.429. The molecule has 194 valence electrons. The minimum atomic E-state index is -4.93. The molecule has 0 bridgehead atoms. The molecule has 35 heavy (non-hydrogen) atoms. The number of benzene rings is 2. The molecule has 1 fully saturated rings. The molecular weight excluding hydrogens is 524 g/mol. The average molecular weight is 546 g/mol. The highest BCUT2D eigenvalue weighted by Crippen LogP contribution is 2.44. The van der Waals surface area contributed by atoms with Crippen LogP contribution >= 0.6 is 0 Å². The fourth-order valence-electron chi connectivity index (χ4n) is 3.75. The van der Waals surface area contributed by atoms with Crippen molar-refractivity contribution in [1.29, 1.82) is 0 Å². The number of ether oxygens (including phenoxy) is 1. The Hall–Kier alpha value is -2.32. The maximum atomic E-state index is 13.1. The van der Waals surface area contributed by atoms with Gasteiger partial charge >= 0.3 is 12.5 Å². The molecule has 0 heterocycles. The SMILES string of the molecule is CC(C)([C@H]1C[C@@H](NS(=O)(=O)c2ccc(OC(F)(F)F)cc2)C1)S(=O)(=O)c1cccc(C(F)(F)F)c1. The first-order chi connectivity index (χ1) is 15.8. The van der Waals surface area contributed by atoms with Crippen molar-refractivity contribution in [2.24, 2.45) is 5.92 Å². The zero-order valence-electron chi connectivity index (χ0n) is 18.3. The largest absolute Gasteiger partial charge is 0.573 e. The number of sulfone groups is 1. The van der Waals surface area contributed by atoms with E-state index >= 15 is 0 Å². The summed E-state index contributed by atoms with van der Waals surface area (Å²) in [4.78, 5) is -0.797. The Morgan fingerprint density at radius 2 is 1.43 bits per heavy atom. The molecule has 0 atom stereocenters. The van der Waals surface area contributed by atoms with Crippen molar-refractivity contribution in [1.82, 2.24) is 4.72 Å². The summed E-state index contributed by atoms with van der Waals surface area (Å²) in [5, 5.41) is 0. The molecule has 2 aromatic rings.